The first-order valence-electron chi connectivity index (χ1n) is 6.80. The second kappa shape index (κ2) is 6.22. The lowest BCUT2D eigenvalue weighted by atomic mass is 10.1. The molecule has 6 nitrogen and oxygen atoms in total. The zero-order valence-electron chi connectivity index (χ0n) is 12.7. The van der Waals surface area contributed by atoms with Crippen molar-refractivity contribution in [2.45, 2.75) is 26.3 Å². The summed E-state index contributed by atoms with van der Waals surface area (Å²) in [6.07, 6.45) is 2.87. The van der Waals surface area contributed by atoms with Crippen molar-refractivity contribution in [1.82, 2.24) is 15.3 Å². The third kappa shape index (κ3) is 4.03. The Morgan fingerprint density at radius 2 is 1.91 bits per heavy atom. The number of hydrogen-bond donors (Lipinski definition) is 2. The van der Waals surface area contributed by atoms with E-state index in [-0.39, 0.29) is 17.1 Å². The molecule has 1 aromatic carbocycles. The molecular weight excluding hydrogens is 278 g/mol. The number of amides is 1. The van der Waals surface area contributed by atoms with Gasteiger partial charge in [0.2, 0.25) is 0 Å². The van der Waals surface area contributed by atoms with Crippen LogP contribution in [0.2, 0.25) is 0 Å². The Morgan fingerprint density at radius 3 is 2.50 bits per heavy atom. The van der Waals surface area contributed by atoms with Crippen LogP contribution in [0.5, 0.6) is 0 Å². The van der Waals surface area contributed by atoms with E-state index in [0.29, 0.717) is 17.1 Å². The van der Waals surface area contributed by atoms with Gasteiger partial charge in [0.25, 0.3) is 5.91 Å². The summed E-state index contributed by atoms with van der Waals surface area (Å²) >= 11 is 0. The van der Waals surface area contributed by atoms with E-state index < -0.39 is 0 Å². The van der Waals surface area contributed by atoms with Gasteiger partial charge in [-0.2, -0.15) is 5.26 Å². The monoisotopic (exact) mass is 295 g/mol. The average Bonchev–Trinajstić information content (AvgIpc) is 2.47. The van der Waals surface area contributed by atoms with Crippen LogP contribution in [0.4, 0.5) is 11.5 Å². The van der Waals surface area contributed by atoms with Crippen LogP contribution >= 0.6 is 0 Å². The minimum atomic E-state index is -0.332. The molecule has 0 aliphatic heterocycles. The van der Waals surface area contributed by atoms with Crippen molar-refractivity contribution in [1.29, 1.82) is 5.26 Å². The molecule has 0 saturated carbocycles. The number of anilines is 2. The van der Waals surface area contributed by atoms with E-state index in [9.17, 15) is 4.79 Å². The van der Waals surface area contributed by atoms with E-state index in [2.05, 4.69) is 26.7 Å². The maximum absolute atomic E-state index is 12.0. The van der Waals surface area contributed by atoms with Crippen molar-refractivity contribution in [3.8, 4) is 6.07 Å². The number of carbonyl (C=O) groups is 1. The molecule has 0 aliphatic rings. The molecule has 2 N–H and O–H groups in total. The van der Waals surface area contributed by atoms with Gasteiger partial charge in [-0.25, -0.2) is 9.97 Å². The van der Waals surface area contributed by atoms with Gasteiger partial charge in [0.05, 0.1) is 23.6 Å². The van der Waals surface area contributed by atoms with Crippen LogP contribution in [0.3, 0.4) is 0 Å². The van der Waals surface area contributed by atoms with Gasteiger partial charge in [0.15, 0.2) is 0 Å². The second-order valence-corrected chi connectivity index (χ2v) is 5.77. The van der Waals surface area contributed by atoms with Crippen LogP contribution in [0.15, 0.2) is 36.7 Å². The Balaban J connectivity index is 2.13. The van der Waals surface area contributed by atoms with Crippen molar-refractivity contribution in [3.05, 3.63) is 47.9 Å². The molecule has 0 atom stereocenters. The minimum Gasteiger partial charge on any atom is -0.346 e. The minimum absolute atomic E-state index is 0.244. The standard InChI is InChI=1S/C16H17N5O/c1-16(2,3)21-15(22)13-9-19-14(10-18-13)20-12-7-5-4-6-11(12)8-17/h4-7,9-10H,1-3H3,(H,19,20)(H,21,22). The van der Waals surface area contributed by atoms with Gasteiger partial charge in [-0.15, -0.1) is 0 Å². The molecule has 0 aliphatic carbocycles. The summed E-state index contributed by atoms with van der Waals surface area (Å²) in [5, 5.41) is 14.9. The molecule has 1 heterocycles. The normalized spacial score (nSPS) is 10.6. The highest BCUT2D eigenvalue weighted by atomic mass is 16.2. The number of nitrogens with zero attached hydrogens (tertiary/aromatic N) is 3. The Morgan fingerprint density at radius 1 is 1.18 bits per heavy atom. The smallest absolute Gasteiger partial charge is 0.271 e. The number of hydrogen-bond acceptors (Lipinski definition) is 5. The van der Waals surface area contributed by atoms with Crippen LogP contribution in [0.1, 0.15) is 36.8 Å². The van der Waals surface area contributed by atoms with E-state index in [1.54, 1.807) is 18.2 Å². The van der Waals surface area contributed by atoms with Crippen molar-refractivity contribution in [2.75, 3.05) is 5.32 Å². The van der Waals surface area contributed by atoms with Gasteiger partial charge in [0.1, 0.15) is 17.6 Å². The molecule has 2 rings (SSSR count). The van der Waals surface area contributed by atoms with Crippen LogP contribution in [-0.2, 0) is 0 Å². The van der Waals surface area contributed by atoms with Gasteiger partial charge in [-0.1, -0.05) is 12.1 Å². The molecule has 22 heavy (non-hydrogen) atoms. The lowest BCUT2D eigenvalue weighted by Gasteiger charge is -2.19. The van der Waals surface area contributed by atoms with Crippen molar-refractivity contribution in [2.24, 2.45) is 0 Å². The number of rotatable bonds is 3. The molecule has 1 aromatic heterocycles. The van der Waals surface area contributed by atoms with Crippen LogP contribution in [-0.4, -0.2) is 21.4 Å². The Hall–Kier alpha value is -2.94. The number of aromatic nitrogens is 2. The predicted molar refractivity (Wildman–Crippen MR) is 83.7 cm³/mol. The maximum atomic E-state index is 12.0. The molecule has 6 heteroatoms. The van der Waals surface area contributed by atoms with Gasteiger partial charge in [-0.05, 0) is 32.9 Å². The van der Waals surface area contributed by atoms with Crippen molar-refractivity contribution < 1.29 is 4.79 Å². The molecule has 112 valence electrons. The third-order valence-corrected chi connectivity index (χ3v) is 2.68. The van der Waals surface area contributed by atoms with Gasteiger partial charge >= 0.3 is 0 Å². The number of carbonyl (C=O) groups excluding carboxylic acids is 1. The lowest BCUT2D eigenvalue weighted by Crippen LogP contribution is -2.40. The number of benzene rings is 1. The SMILES string of the molecule is CC(C)(C)NC(=O)c1cnc(Nc2ccccc2C#N)cn1. The molecule has 0 saturated heterocycles. The number of para-hydroxylation sites is 1. The van der Waals surface area contributed by atoms with Crippen molar-refractivity contribution >= 4 is 17.4 Å². The average molecular weight is 295 g/mol. The highest BCUT2D eigenvalue weighted by Crippen LogP contribution is 2.18. The topological polar surface area (TPSA) is 90.7 Å². The fraction of sp³-hybridized carbons (Fsp3) is 0.250. The molecule has 2 aromatic rings. The molecule has 0 unspecified atom stereocenters. The van der Waals surface area contributed by atoms with Gasteiger partial charge < -0.3 is 10.6 Å². The van der Waals surface area contributed by atoms with Crippen LogP contribution < -0.4 is 10.6 Å². The summed E-state index contributed by atoms with van der Waals surface area (Å²) < 4.78 is 0. The van der Waals surface area contributed by atoms with Gasteiger partial charge in [0, 0.05) is 5.54 Å². The summed E-state index contributed by atoms with van der Waals surface area (Å²) in [5.41, 5.74) is 1.07. The Kier molecular flexibility index (Phi) is 4.37. The molecule has 0 radical (unpaired) electrons. The summed E-state index contributed by atoms with van der Waals surface area (Å²) in [6.45, 7) is 5.69. The van der Waals surface area contributed by atoms with Gasteiger partial charge in [-0.3, -0.25) is 4.79 Å². The lowest BCUT2D eigenvalue weighted by molar-refractivity contribution is 0.0914. The Bertz CT molecular complexity index is 711. The first-order chi connectivity index (χ1) is 10.4. The predicted octanol–water partition coefficient (Wildman–Crippen LogP) is 2.62. The third-order valence-electron chi connectivity index (χ3n) is 2.68. The molecule has 0 bridgehead atoms. The molecule has 1 amide bonds. The fourth-order valence-electron chi connectivity index (χ4n) is 1.74. The molecular formula is C16H17N5O. The first kappa shape index (κ1) is 15.4. The van der Waals surface area contributed by atoms with E-state index >= 15 is 0 Å². The molecule has 0 spiro atoms. The molecule has 0 fully saturated rings. The van der Waals surface area contributed by atoms with Crippen molar-refractivity contribution in [3.63, 3.8) is 0 Å². The van der Waals surface area contributed by atoms with E-state index in [1.807, 2.05) is 26.8 Å². The van der Waals surface area contributed by atoms with Crippen LogP contribution in [0.25, 0.3) is 0 Å². The van der Waals surface area contributed by atoms with E-state index in [1.165, 1.54) is 12.4 Å². The quantitative estimate of drug-likeness (QED) is 0.908. The summed E-state index contributed by atoms with van der Waals surface area (Å²) in [4.78, 5) is 20.2. The first-order valence-corrected chi connectivity index (χ1v) is 6.80. The zero-order valence-corrected chi connectivity index (χ0v) is 12.7. The largest absolute Gasteiger partial charge is 0.346 e. The van der Waals surface area contributed by atoms with Crippen LogP contribution in [0, 0.1) is 11.3 Å². The number of nitrogens with one attached hydrogen (secondary N) is 2. The highest BCUT2D eigenvalue weighted by molar-refractivity contribution is 5.92. The maximum Gasteiger partial charge on any atom is 0.271 e. The van der Waals surface area contributed by atoms with E-state index in [4.69, 9.17) is 5.26 Å². The summed E-state index contributed by atoms with van der Waals surface area (Å²) in [5.74, 6) is 0.194. The van der Waals surface area contributed by atoms with E-state index in [0.717, 1.165) is 0 Å². The number of nitriles is 1. The zero-order chi connectivity index (χ0) is 16.2. The summed E-state index contributed by atoms with van der Waals surface area (Å²) in [7, 11) is 0. The summed E-state index contributed by atoms with van der Waals surface area (Å²) in [6, 6.07) is 9.19. The highest BCUT2D eigenvalue weighted by Gasteiger charge is 2.16. The Labute approximate surface area is 129 Å². The second-order valence-electron chi connectivity index (χ2n) is 5.77. The fourth-order valence-corrected chi connectivity index (χ4v) is 1.74.